The van der Waals surface area contributed by atoms with E-state index in [0.29, 0.717) is 13.1 Å². The second kappa shape index (κ2) is 6.86. The van der Waals surface area contributed by atoms with Crippen LogP contribution >= 0.6 is 0 Å². The van der Waals surface area contributed by atoms with Gasteiger partial charge in [-0.3, -0.25) is 4.79 Å². The molecular weight excluding hydrogens is 316 g/mol. The predicted molar refractivity (Wildman–Crippen MR) is 84.6 cm³/mol. The third-order valence-corrected chi connectivity index (χ3v) is 3.86. The summed E-state index contributed by atoms with van der Waals surface area (Å²) < 4.78 is 35.1. The fourth-order valence-corrected chi connectivity index (χ4v) is 2.56. The van der Waals surface area contributed by atoms with Crippen molar-refractivity contribution >= 4 is 5.91 Å². The van der Waals surface area contributed by atoms with Gasteiger partial charge in [-0.1, -0.05) is 30.3 Å². The van der Waals surface area contributed by atoms with Gasteiger partial charge in [0.1, 0.15) is 17.6 Å². The van der Waals surface area contributed by atoms with Crippen LogP contribution in [-0.4, -0.2) is 36.6 Å². The van der Waals surface area contributed by atoms with Gasteiger partial charge in [-0.15, -0.1) is 0 Å². The van der Waals surface area contributed by atoms with Crippen molar-refractivity contribution in [2.24, 2.45) is 0 Å². The Hall–Kier alpha value is -2.63. The standard InChI is InChI=1S/C18H17F2NO3/c1-12-6-2-4-8-15(12)23-13-10-21(11-13)17(22)14-7-3-5-9-16(14)24-18(19)20/h2-9,13,18H,10-11H2,1H3. The molecule has 4 nitrogen and oxygen atoms in total. The number of hydrogen-bond donors (Lipinski definition) is 0. The van der Waals surface area contributed by atoms with E-state index in [2.05, 4.69) is 4.74 Å². The number of rotatable bonds is 5. The number of alkyl halides is 2. The number of halogens is 2. The Kier molecular flexibility index (Phi) is 4.64. The normalized spacial score (nSPS) is 14.4. The molecule has 1 amide bonds. The maximum absolute atomic E-state index is 12.4. The molecule has 1 aliphatic rings. The van der Waals surface area contributed by atoms with Crippen LogP contribution in [0.2, 0.25) is 0 Å². The highest BCUT2D eigenvalue weighted by atomic mass is 19.3. The second-order valence-electron chi connectivity index (χ2n) is 5.59. The molecule has 2 aromatic carbocycles. The first-order valence-electron chi connectivity index (χ1n) is 7.60. The van der Waals surface area contributed by atoms with Gasteiger partial charge in [0.2, 0.25) is 0 Å². The van der Waals surface area contributed by atoms with Crippen molar-refractivity contribution < 1.29 is 23.0 Å². The highest BCUT2D eigenvalue weighted by Gasteiger charge is 2.34. The highest BCUT2D eigenvalue weighted by molar-refractivity contribution is 5.97. The summed E-state index contributed by atoms with van der Waals surface area (Å²) in [4.78, 5) is 14.0. The van der Waals surface area contributed by atoms with Crippen molar-refractivity contribution in [3.8, 4) is 11.5 Å². The molecule has 0 saturated carbocycles. The minimum absolute atomic E-state index is 0.0989. The van der Waals surface area contributed by atoms with E-state index in [-0.39, 0.29) is 23.3 Å². The Morgan fingerprint density at radius 2 is 1.71 bits per heavy atom. The van der Waals surface area contributed by atoms with Crippen molar-refractivity contribution in [2.75, 3.05) is 13.1 Å². The summed E-state index contributed by atoms with van der Waals surface area (Å²) in [6.45, 7) is -0.186. The number of ether oxygens (including phenoxy) is 2. The minimum atomic E-state index is -2.97. The highest BCUT2D eigenvalue weighted by Crippen LogP contribution is 2.26. The minimum Gasteiger partial charge on any atom is -0.486 e. The quantitative estimate of drug-likeness (QED) is 0.841. The van der Waals surface area contributed by atoms with E-state index in [4.69, 9.17) is 4.74 Å². The molecule has 0 aromatic heterocycles. The van der Waals surface area contributed by atoms with Crippen molar-refractivity contribution in [3.05, 3.63) is 59.7 Å². The van der Waals surface area contributed by atoms with E-state index in [9.17, 15) is 13.6 Å². The third kappa shape index (κ3) is 3.48. The molecule has 24 heavy (non-hydrogen) atoms. The lowest BCUT2D eigenvalue weighted by Crippen LogP contribution is -2.56. The summed E-state index contributed by atoms with van der Waals surface area (Å²) in [5.74, 6) is 0.340. The lowest BCUT2D eigenvalue weighted by molar-refractivity contribution is -0.0505. The van der Waals surface area contributed by atoms with Crippen molar-refractivity contribution in [1.29, 1.82) is 0 Å². The van der Waals surface area contributed by atoms with Crippen LogP contribution in [-0.2, 0) is 0 Å². The molecular formula is C18H17F2NO3. The van der Waals surface area contributed by atoms with Gasteiger partial charge in [0, 0.05) is 0 Å². The van der Waals surface area contributed by atoms with Crippen LogP contribution in [0.15, 0.2) is 48.5 Å². The molecule has 0 radical (unpaired) electrons. The third-order valence-electron chi connectivity index (χ3n) is 3.86. The Morgan fingerprint density at radius 3 is 2.38 bits per heavy atom. The Labute approximate surface area is 138 Å². The van der Waals surface area contributed by atoms with Gasteiger partial charge in [-0.05, 0) is 30.7 Å². The Morgan fingerprint density at radius 1 is 1.08 bits per heavy atom. The number of carbonyl (C=O) groups is 1. The number of aryl methyl sites for hydroxylation is 1. The lowest BCUT2D eigenvalue weighted by atomic mass is 10.1. The van der Waals surface area contributed by atoms with Gasteiger partial charge in [-0.2, -0.15) is 8.78 Å². The molecule has 1 fully saturated rings. The second-order valence-corrected chi connectivity index (χ2v) is 5.59. The van der Waals surface area contributed by atoms with Crippen LogP contribution in [0.3, 0.4) is 0 Å². The van der Waals surface area contributed by atoms with Gasteiger partial charge in [0.25, 0.3) is 5.91 Å². The van der Waals surface area contributed by atoms with Gasteiger partial charge >= 0.3 is 6.61 Å². The monoisotopic (exact) mass is 333 g/mol. The van der Waals surface area contributed by atoms with Crippen molar-refractivity contribution in [2.45, 2.75) is 19.6 Å². The van der Waals surface area contributed by atoms with Crippen molar-refractivity contribution in [1.82, 2.24) is 4.90 Å². The van der Waals surface area contributed by atoms with E-state index in [1.165, 1.54) is 12.1 Å². The number of amides is 1. The van der Waals surface area contributed by atoms with Gasteiger partial charge in [0.15, 0.2) is 0 Å². The van der Waals surface area contributed by atoms with Gasteiger partial charge < -0.3 is 14.4 Å². The first-order chi connectivity index (χ1) is 11.5. The van der Waals surface area contributed by atoms with E-state index in [1.807, 2.05) is 31.2 Å². The average Bonchev–Trinajstić information content (AvgIpc) is 2.51. The molecule has 0 unspecified atom stereocenters. The molecule has 1 saturated heterocycles. The van der Waals surface area contributed by atoms with Crippen LogP contribution in [0.5, 0.6) is 11.5 Å². The maximum atomic E-state index is 12.4. The smallest absolute Gasteiger partial charge is 0.387 e. The molecule has 6 heteroatoms. The van der Waals surface area contributed by atoms with Crippen LogP contribution in [0, 0.1) is 6.92 Å². The number of para-hydroxylation sites is 2. The zero-order valence-electron chi connectivity index (χ0n) is 13.1. The number of benzene rings is 2. The largest absolute Gasteiger partial charge is 0.486 e. The topological polar surface area (TPSA) is 38.8 Å². The summed E-state index contributed by atoms with van der Waals surface area (Å²) in [5.41, 5.74) is 1.16. The number of nitrogens with zero attached hydrogens (tertiary/aromatic N) is 1. The van der Waals surface area contributed by atoms with Gasteiger partial charge in [0.05, 0.1) is 18.7 Å². The van der Waals surface area contributed by atoms with E-state index in [1.54, 1.807) is 17.0 Å². The molecule has 0 atom stereocenters. The summed E-state index contributed by atoms with van der Waals surface area (Å²) in [5, 5.41) is 0. The van der Waals surface area contributed by atoms with Crippen LogP contribution < -0.4 is 9.47 Å². The Balaban J connectivity index is 1.62. The Bertz CT molecular complexity index is 730. The molecule has 0 aliphatic carbocycles. The summed E-state index contributed by atoms with van der Waals surface area (Å²) >= 11 is 0. The summed E-state index contributed by atoms with van der Waals surface area (Å²) in [7, 11) is 0. The van der Waals surface area contributed by atoms with Crippen LogP contribution in [0.25, 0.3) is 0 Å². The summed E-state index contributed by atoms with van der Waals surface area (Å²) in [6.07, 6.45) is -0.0989. The predicted octanol–water partition coefficient (Wildman–Crippen LogP) is 3.50. The molecule has 1 aliphatic heterocycles. The van der Waals surface area contributed by atoms with E-state index >= 15 is 0 Å². The molecule has 0 spiro atoms. The van der Waals surface area contributed by atoms with Gasteiger partial charge in [-0.25, -0.2) is 0 Å². The number of carbonyl (C=O) groups excluding carboxylic acids is 1. The van der Waals surface area contributed by atoms with Crippen LogP contribution in [0.4, 0.5) is 8.78 Å². The summed E-state index contributed by atoms with van der Waals surface area (Å²) in [6, 6.07) is 13.7. The molecule has 1 heterocycles. The molecule has 126 valence electrons. The molecule has 3 rings (SSSR count). The average molecular weight is 333 g/mol. The SMILES string of the molecule is Cc1ccccc1OC1CN(C(=O)c2ccccc2OC(F)F)C1. The zero-order valence-corrected chi connectivity index (χ0v) is 13.1. The molecule has 0 bridgehead atoms. The fourth-order valence-electron chi connectivity index (χ4n) is 2.56. The maximum Gasteiger partial charge on any atom is 0.387 e. The molecule has 2 aromatic rings. The fraction of sp³-hybridized carbons (Fsp3) is 0.278. The van der Waals surface area contributed by atoms with E-state index < -0.39 is 6.61 Å². The van der Waals surface area contributed by atoms with Crippen molar-refractivity contribution in [3.63, 3.8) is 0 Å². The number of likely N-dealkylation sites (tertiary alicyclic amines) is 1. The first kappa shape index (κ1) is 16.2. The first-order valence-corrected chi connectivity index (χ1v) is 7.60. The molecule has 0 N–H and O–H groups in total. The zero-order chi connectivity index (χ0) is 17.1. The van der Waals surface area contributed by atoms with E-state index in [0.717, 1.165) is 11.3 Å². The lowest BCUT2D eigenvalue weighted by Gasteiger charge is -2.39. The number of hydrogen-bond acceptors (Lipinski definition) is 3. The van der Waals surface area contributed by atoms with Crippen LogP contribution in [0.1, 0.15) is 15.9 Å².